The van der Waals surface area contributed by atoms with Crippen LogP contribution in [0.25, 0.3) is 0 Å². The van der Waals surface area contributed by atoms with Gasteiger partial charge >= 0.3 is 0 Å². The van der Waals surface area contributed by atoms with Crippen LogP contribution in [0.15, 0.2) is 89.8 Å². The van der Waals surface area contributed by atoms with Gasteiger partial charge in [-0.1, -0.05) is 78.4 Å². The first-order valence-electron chi connectivity index (χ1n) is 10.7. The molecule has 1 N–H and O–H groups in total. The van der Waals surface area contributed by atoms with Crippen molar-refractivity contribution >= 4 is 15.7 Å². The quantitative estimate of drug-likeness (QED) is 0.622. The molecule has 1 fully saturated rings. The predicted molar refractivity (Wildman–Crippen MR) is 123 cm³/mol. The number of aliphatic hydroxyl groups excluding tert-OH is 1. The summed E-state index contributed by atoms with van der Waals surface area (Å²) in [7, 11) is -3.90. The van der Waals surface area contributed by atoms with Gasteiger partial charge in [-0.3, -0.25) is 4.79 Å². The highest BCUT2D eigenvalue weighted by Gasteiger charge is 2.47. The number of hydrogen-bond donors (Lipinski definition) is 1. The predicted octanol–water partition coefficient (Wildman–Crippen LogP) is 3.75. The summed E-state index contributed by atoms with van der Waals surface area (Å²) >= 11 is 0. The first kappa shape index (κ1) is 22.2. The molecule has 1 aliphatic heterocycles. The van der Waals surface area contributed by atoms with E-state index in [0.29, 0.717) is 6.42 Å². The number of aryl methyl sites for hydroxylation is 1. The van der Waals surface area contributed by atoms with E-state index in [-0.39, 0.29) is 17.9 Å². The molecule has 166 valence electrons. The third-order valence-electron chi connectivity index (χ3n) is 6.08. The Kier molecular flexibility index (Phi) is 6.44. The number of hydrogen-bond acceptors (Lipinski definition) is 4. The van der Waals surface area contributed by atoms with E-state index in [9.17, 15) is 18.3 Å². The van der Waals surface area contributed by atoms with Crippen LogP contribution in [0.2, 0.25) is 0 Å². The van der Waals surface area contributed by atoms with Gasteiger partial charge in [0.05, 0.1) is 4.90 Å². The van der Waals surface area contributed by atoms with Crippen LogP contribution in [0.5, 0.6) is 0 Å². The smallest absolute Gasteiger partial charge is 0.243 e. The highest BCUT2D eigenvalue weighted by Crippen LogP contribution is 2.34. The van der Waals surface area contributed by atoms with Crippen LogP contribution in [0.3, 0.4) is 0 Å². The summed E-state index contributed by atoms with van der Waals surface area (Å²) in [5.41, 5.74) is 2.78. The van der Waals surface area contributed by atoms with Crippen LogP contribution >= 0.6 is 0 Å². The van der Waals surface area contributed by atoms with E-state index in [4.69, 9.17) is 0 Å². The van der Waals surface area contributed by atoms with Crippen molar-refractivity contribution in [3.63, 3.8) is 0 Å². The molecule has 3 unspecified atom stereocenters. The van der Waals surface area contributed by atoms with Crippen LogP contribution in [-0.4, -0.2) is 35.8 Å². The van der Waals surface area contributed by atoms with E-state index < -0.39 is 33.1 Å². The average Bonchev–Trinajstić information content (AvgIpc) is 2.80. The van der Waals surface area contributed by atoms with Gasteiger partial charge in [0.15, 0.2) is 9.84 Å². The Morgan fingerprint density at radius 3 is 2.03 bits per heavy atom. The Bertz CT molecular complexity index is 1160. The molecule has 3 atom stereocenters. The first-order chi connectivity index (χ1) is 15.4. The molecule has 32 heavy (non-hydrogen) atoms. The molecular formula is C26H27NO4S. The summed E-state index contributed by atoms with van der Waals surface area (Å²) in [4.78, 5) is 14.9. The zero-order chi connectivity index (χ0) is 22.7. The lowest BCUT2D eigenvalue weighted by Gasteiger charge is -2.41. The summed E-state index contributed by atoms with van der Waals surface area (Å²) in [6.45, 7) is 2.04. The maximum Gasteiger partial charge on any atom is 0.243 e. The number of aliphatic hydroxyl groups is 1. The number of carbonyl (C=O) groups excluding carboxylic acids is 1. The second-order valence-electron chi connectivity index (χ2n) is 8.40. The first-order valence-corrected chi connectivity index (χ1v) is 12.3. The molecule has 0 radical (unpaired) electrons. The maximum absolute atomic E-state index is 13.5. The molecular weight excluding hydrogens is 422 g/mol. The fourth-order valence-electron chi connectivity index (χ4n) is 4.28. The van der Waals surface area contributed by atoms with Gasteiger partial charge < -0.3 is 10.0 Å². The molecule has 1 saturated heterocycles. The lowest BCUT2D eigenvalue weighted by Crippen LogP contribution is -2.56. The van der Waals surface area contributed by atoms with Crippen molar-refractivity contribution in [1.82, 2.24) is 4.90 Å². The zero-order valence-corrected chi connectivity index (χ0v) is 18.8. The van der Waals surface area contributed by atoms with Gasteiger partial charge in [-0.25, -0.2) is 8.42 Å². The van der Waals surface area contributed by atoms with Gasteiger partial charge in [-0.15, -0.1) is 0 Å². The van der Waals surface area contributed by atoms with Gasteiger partial charge in [0.25, 0.3) is 0 Å². The van der Waals surface area contributed by atoms with E-state index in [2.05, 4.69) is 0 Å². The van der Waals surface area contributed by atoms with Crippen molar-refractivity contribution in [3.05, 3.63) is 102 Å². The minimum Gasteiger partial charge on any atom is -0.373 e. The molecule has 5 nitrogen and oxygen atoms in total. The Hall–Kier alpha value is -2.96. The molecule has 0 spiro atoms. The number of amides is 1. The van der Waals surface area contributed by atoms with Gasteiger partial charge in [-0.05, 0) is 43.0 Å². The number of sulfone groups is 1. The minimum absolute atomic E-state index is 0.0798. The van der Waals surface area contributed by atoms with E-state index in [1.54, 1.807) is 24.3 Å². The molecule has 0 bridgehead atoms. The van der Waals surface area contributed by atoms with E-state index >= 15 is 0 Å². The van der Waals surface area contributed by atoms with Crippen molar-refractivity contribution < 1.29 is 18.3 Å². The summed E-state index contributed by atoms with van der Waals surface area (Å²) in [5.74, 6) is -0.949. The third-order valence-corrected chi connectivity index (χ3v) is 8.15. The molecule has 3 aromatic rings. The highest BCUT2D eigenvalue weighted by molar-refractivity contribution is 7.92. The van der Waals surface area contributed by atoms with Crippen molar-refractivity contribution in [2.45, 2.75) is 42.7 Å². The van der Waals surface area contributed by atoms with Crippen molar-refractivity contribution in [2.75, 3.05) is 0 Å². The lowest BCUT2D eigenvalue weighted by molar-refractivity contribution is -0.153. The Morgan fingerprint density at radius 1 is 0.875 bits per heavy atom. The van der Waals surface area contributed by atoms with Crippen LogP contribution in [-0.2, 0) is 27.6 Å². The Morgan fingerprint density at radius 2 is 1.44 bits per heavy atom. The Balaban J connectivity index is 1.69. The largest absolute Gasteiger partial charge is 0.373 e. The number of likely N-dealkylation sites (tertiary alicyclic amines) is 1. The molecule has 1 amide bonds. The summed E-state index contributed by atoms with van der Waals surface area (Å²) in [6, 6.07) is 25.5. The minimum atomic E-state index is -3.90. The fourth-order valence-corrected chi connectivity index (χ4v) is 6.02. The van der Waals surface area contributed by atoms with E-state index in [1.165, 1.54) is 4.90 Å². The zero-order valence-electron chi connectivity index (χ0n) is 18.0. The van der Waals surface area contributed by atoms with Crippen LogP contribution < -0.4 is 0 Å². The average molecular weight is 450 g/mol. The van der Waals surface area contributed by atoms with Crippen LogP contribution in [0, 0.1) is 12.8 Å². The van der Waals surface area contributed by atoms with Crippen molar-refractivity contribution in [3.8, 4) is 0 Å². The molecule has 1 aliphatic rings. The SMILES string of the molecule is Cc1ccc(S(=O)(=O)C2CC(Cc3ccccc3)C(O)N(Cc3ccccc3)C2=O)cc1. The number of benzene rings is 3. The molecule has 6 heteroatoms. The summed E-state index contributed by atoms with van der Waals surface area (Å²) in [6.07, 6.45) is -0.496. The summed E-state index contributed by atoms with van der Waals surface area (Å²) in [5, 5.41) is 9.89. The van der Waals surface area contributed by atoms with E-state index in [1.807, 2.05) is 67.6 Å². The third kappa shape index (κ3) is 4.61. The Labute approximate surface area is 189 Å². The highest BCUT2D eigenvalue weighted by atomic mass is 32.2. The van der Waals surface area contributed by atoms with Gasteiger partial charge in [0, 0.05) is 12.5 Å². The molecule has 0 saturated carbocycles. The number of piperidine rings is 1. The topological polar surface area (TPSA) is 74.7 Å². The molecule has 4 rings (SSSR count). The van der Waals surface area contributed by atoms with Crippen molar-refractivity contribution in [2.24, 2.45) is 5.92 Å². The monoisotopic (exact) mass is 449 g/mol. The summed E-state index contributed by atoms with van der Waals surface area (Å²) < 4.78 is 27.0. The second kappa shape index (κ2) is 9.27. The van der Waals surface area contributed by atoms with Crippen LogP contribution in [0.4, 0.5) is 0 Å². The van der Waals surface area contributed by atoms with E-state index in [0.717, 1.165) is 16.7 Å². The van der Waals surface area contributed by atoms with Gasteiger partial charge in [-0.2, -0.15) is 0 Å². The maximum atomic E-state index is 13.5. The number of carbonyl (C=O) groups is 1. The number of rotatable bonds is 6. The van der Waals surface area contributed by atoms with Crippen molar-refractivity contribution in [1.29, 1.82) is 0 Å². The second-order valence-corrected chi connectivity index (χ2v) is 10.5. The molecule has 1 heterocycles. The molecule has 3 aromatic carbocycles. The van der Waals surface area contributed by atoms with Gasteiger partial charge in [0.2, 0.25) is 5.91 Å². The van der Waals surface area contributed by atoms with Gasteiger partial charge in [0.1, 0.15) is 11.5 Å². The molecule has 0 aliphatic carbocycles. The normalized spacial score (nSPS) is 21.5. The molecule has 0 aromatic heterocycles. The fraction of sp³-hybridized carbons (Fsp3) is 0.269. The van der Waals surface area contributed by atoms with Crippen LogP contribution in [0.1, 0.15) is 23.1 Å². The standard InChI is InChI=1S/C26H27NO4S/c1-19-12-14-23(15-13-19)32(30,31)24-17-22(16-20-8-4-2-5-9-20)25(28)27(26(24)29)18-21-10-6-3-7-11-21/h2-15,22,24-25,28H,16-18H2,1H3. The lowest BCUT2D eigenvalue weighted by atomic mass is 9.88. The number of nitrogens with zero attached hydrogens (tertiary/aromatic N) is 1.